The van der Waals surface area contributed by atoms with Crippen LogP contribution in [0.2, 0.25) is 0 Å². The van der Waals surface area contributed by atoms with E-state index >= 15 is 0 Å². The lowest BCUT2D eigenvalue weighted by atomic mass is 9.97. The Hall–Kier alpha value is -4.46. The Morgan fingerprint density at radius 3 is 2.46 bits per heavy atom. The Morgan fingerprint density at radius 2 is 1.77 bits per heavy atom. The summed E-state index contributed by atoms with van der Waals surface area (Å²) in [5, 5.41) is 9.27. The lowest BCUT2D eigenvalue weighted by molar-refractivity contribution is -0.142. The minimum atomic E-state index is -0.767. The quantitative estimate of drug-likeness (QED) is 0.294. The maximum atomic E-state index is 14.3. The molecule has 1 aromatic heterocycles. The van der Waals surface area contributed by atoms with Crippen LogP contribution in [0.3, 0.4) is 0 Å². The van der Waals surface area contributed by atoms with E-state index in [4.69, 9.17) is 9.47 Å². The Morgan fingerprint density at radius 1 is 1.03 bits per heavy atom. The third-order valence-electron chi connectivity index (χ3n) is 7.14. The third kappa shape index (κ3) is 6.00. The number of aromatic nitrogens is 2. The van der Waals surface area contributed by atoms with E-state index in [0.717, 1.165) is 28.0 Å². The third-order valence-corrected chi connectivity index (χ3v) is 7.14. The van der Waals surface area contributed by atoms with E-state index in [1.807, 2.05) is 42.2 Å². The Labute approximate surface area is 226 Å². The number of hydrogen-bond donors (Lipinski definition) is 1. The van der Waals surface area contributed by atoms with Gasteiger partial charge in [0.25, 0.3) is 0 Å². The normalized spacial score (nSPS) is 13.8. The standard InChI is InChI=1S/C31H30FN3O4/c1-20-17-23(21-5-8-26(38-2)9-6-21)3-4-24(20)19-39-29-10-7-25(32)18-27(29)28-11-14-33-31(34-28)35-15-12-22(13-16-35)30(36)37/h3-11,14,17-18,22H,12-13,15-16,19H2,1-2H3,(H,36,37). The van der Waals surface area contributed by atoms with Crippen molar-refractivity contribution in [3.8, 4) is 33.9 Å². The molecule has 0 bridgehead atoms. The summed E-state index contributed by atoms with van der Waals surface area (Å²) in [4.78, 5) is 22.3. The molecule has 0 aliphatic carbocycles. The maximum Gasteiger partial charge on any atom is 0.306 e. The zero-order chi connectivity index (χ0) is 27.4. The van der Waals surface area contributed by atoms with Gasteiger partial charge in [0, 0.05) is 24.8 Å². The first-order chi connectivity index (χ1) is 18.9. The summed E-state index contributed by atoms with van der Waals surface area (Å²) < 4.78 is 25.8. The van der Waals surface area contributed by atoms with Gasteiger partial charge in [-0.2, -0.15) is 0 Å². The summed E-state index contributed by atoms with van der Waals surface area (Å²) >= 11 is 0. The molecule has 2 heterocycles. The van der Waals surface area contributed by atoms with E-state index in [-0.39, 0.29) is 11.7 Å². The number of carbonyl (C=O) groups is 1. The second-order valence-electron chi connectivity index (χ2n) is 9.64. The number of carboxylic acid groups (broad SMARTS) is 1. The van der Waals surface area contributed by atoms with E-state index in [0.29, 0.717) is 55.5 Å². The zero-order valence-corrected chi connectivity index (χ0v) is 21.9. The van der Waals surface area contributed by atoms with Crippen molar-refractivity contribution < 1.29 is 23.8 Å². The second kappa shape index (κ2) is 11.5. The van der Waals surface area contributed by atoms with Crippen molar-refractivity contribution in [2.45, 2.75) is 26.4 Å². The van der Waals surface area contributed by atoms with Gasteiger partial charge in [0.1, 0.15) is 23.9 Å². The van der Waals surface area contributed by atoms with Crippen molar-refractivity contribution in [1.82, 2.24) is 9.97 Å². The highest BCUT2D eigenvalue weighted by atomic mass is 19.1. The molecular weight excluding hydrogens is 497 g/mol. The first-order valence-electron chi connectivity index (χ1n) is 12.9. The second-order valence-corrected chi connectivity index (χ2v) is 9.64. The van der Waals surface area contributed by atoms with Gasteiger partial charge in [-0.3, -0.25) is 4.79 Å². The van der Waals surface area contributed by atoms with Crippen LogP contribution in [0.25, 0.3) is 22.4 Å². The Bertz CT molecular complexity index is 1470. The molecule has 1 aliphatic rings. The molecule has 200 valence electrons. The van der Waals surface area contributed by atoms with Gasteiger partial charge in [0.05, 0.1) is 18.7 Å². The van der Waals surface area contributed by atoms with Crippen molar-refractivity contribution in [2.75, 3.05) is 25.1 Å². The number of aliphatic carboxylic acids is 1. The molecule has 0 atom stereocenters. The number of rotatable bonds is 8. The summed E-state index contributed by atoms with van der Waals surface area (Å²) in [6.07, 6.45) is 2.71. The molecule has 1 N–H and O–H groups in total. The first kappa shape index (κ1) is 26.2. The van der Waals surface area contributed by atoms with Crippen molar-refractivity contribution in [1.29, 1.82) is 0 Å². The number of carboxylic acids is 1. The Balaban J connectivity index is 1.33. The average Bonchev–Trinajstić information content (AvgIpc) is 2.97. The van der Waals surface area contributed by atoms with Gasteiger partial charge in [-0.25, -0.2) is 14.4 Å². The van der Waals surface area contributed by atoms with E-state index < -0.39 is 5.97 Å². The number of halogens is 1. The van der Waals surface area contributed by atoms with Gasteiger partial charge >= 0.3 is 5.97 Å². The number of ether oxygens (including phenoxy) is 2. The predicted molar refractivity (Wildman–Crippen MR) is 147 cm³/mol. The van der Waals surface area contributed by atoms with Crippen molar-refractivity contribution in [3.63, 3.8) is 0 Å². The molecule has 4 aromatic rings. The largest absolute Gasteiger partial charge is 0.497 e. The molecule has 0 saturated carbocycles. The fraction of sp³-hybridized carbons (Fsp3) is 0.258. The lowest BCUT2D eigenvalue weighted by Gasteiger charge is -2.30. The summed E-state index contributed by atoms with van der Waals surface area (Å²) in [6.45, 7) is 3.47. The Kier molecular flexibility index (Phi) is 7.72. The van der Waals surface area contributed by atoms with Gasteiger partial charge < -0.3 is 19.5 Å². The zero-order valence-electron chi connectivity index (χ0n) is 21.9. The van der Waals surface area contributed by atoms with E-state index in [1.165, 1.54) is 12.1 Å². The van der Waals surface area contributed by atoms with E-state index in [2.05, 4.69) is 22.1 Å². The van der Waals surface area contributed by atoms with Gasteiger partial charge in [0.2, 0.25) is 5.95 Å². The fourth-order valence-corrected chi connectivity index (χ4v) is 4.78. The molecule has 0 unspecified atom stereocenters. The average molecular weight is 528 g/mol. The van der Waals surface area contributed by atoms with E-state index in [1.54, 1.807) is 25.4 Å². The van der Waals surface area contributed by atoms with Crippen LogP contribution in [0.15, 0.2) is 72.9 Å². The molecule has 0 radical (unpaired) electrons. The molecule has 0 spiro atoms. The van der Waals surface area contributed by atoms with Crippen LogP contribution in [-0.2, 0) is 11.4 Å². The number of nitrogens with zero attached hydrogens (tertiary/aromatic N) is 3. The van der Waals surface area contributed by atoms with E-state index in [9.17, 15) is 14.3 Å². The van der Waals surface area contributed by atoms with Crippen molar-refractivity contribution in [3.05, 3.63) is 89.9 Å². The highest BCUT2D eigenvalue weighted by molar-refractivity contribution is 5.71. The first-order valence-corrected chi connectivity index (χ1v) is 12.9. The smallest absolute Gasteiger partial charge is 0.306 e. The van der Waals surface area contributed by atoms with Crippen LogP contribution in [-0.4, -0.2) is 41.2 Å². The highest BCUT2D eigenvalue weighted by Crippen LogP contribution is 2.32. The van der Waals surface area contributed by atoms with Crippen LogP contribution >= 0.6 is 0 Å². The summed E-state index contributed by atoms with van der Waals surface area (Å²) in [6, 6.07) is 20.3. The van der Waals surface area contributed by atoms with Crippen LogP contribution in [0.1, 0.15) is 24.0 Å². The molecule has 5 rings (SSSR count). The molecule has 3 aromatic carbocycles. The molecule has 1 saturated heterocycles. The van der Waals surface area contributed by atoms with Crippen LogP contribution in [0, 0.1) is 18.7 Å². The number of benzene rings is 3. The lowest BCUT2D eigenvalue weighted by Crippen LogP contribution is -2.37. The molecule has 0 amide bonds. The number of aryl methyl sites for hydroxylation is 1. The SMILES string of the molecule is COc1ccc(-c2ccc(COc3ccc(F)cc3-c3ccnc(N4CCC(C(=O)O)CC4)n3)c(C)c2)cc1. The fourth-order valence-electron chi connectivity index (χ4n) is 4.78. The summed E-state index contributed by atoms with van der Waals surface area (Å²) in [5.41, 5.74) is 5.38. The molecule has 8 heteroatoms. The maximum absolute atomic E-state index is 14.3. The van der Waals surface area contributed by atoms with Crippen molar-refractivity contribution >= 4 is 11.9 Å². The molecule has 1 fully saturated rings. The molecular formula is C31H30FN3O4. The van der Waals surface area contributed by atoms with Crippen molar-refractivity contribution in [2.24, 2.45) is 5.92 Å². The topological polar surface area (TPSA) is 84.8 Å². The van der Waals surface area contributed by atoms with Crippen LogP contribution < -0.4 is 14.4 Å². The minimum absolute atomic E-state index is 0.313. The minimum Gasteiger partial charge on any atom is -0.497 e. The van der Waals surface area contributed by atoms with Crippen LogP contribution in [0.4, 0.5) is 10.3 Å². The summed E-state index contributed by atoms with van der Waals surface area (Å²) in [7, 11) is 1.65. The van der Waals surface area contributed by atoms with Gasteiger partial charge in [0.15, 0.2) is 0 Å². The number of anilines is 1. The van der Waals surface area contributed by atoms with Gasteiger partial charge in [-0.15, -0.1) is 0 Å². The van der Waals surface area contributed by atoms with Gasteiger partial charge in [-0.1, -0.05) is 30.3 Å². The molecule has 39 heavy (non-hydrogen) atoms. The highest BCUT2D eigenvalue weighted by Gasteiger charge is 2.26. The number of methoxy groups -OCH3 is 1. The molecule has 1 aliphatic heterocycles. The van der Waals surface area contributed by atoms with Gasteiger partial charge in [-0.05, 0) is 78.4 Å². The number of piperidine rings is 1. The monoisotopic (exact) mass is 527 g/mol. The number of hydrogen-bond acceptors (Lipinski definition) is 6. The van der Waals surface area contributed by atoms with Crippen LogP contribution in [0.5, 0.6) is 11.5 Å². The predicted octanol–water partition coefficient (Wildman–Crippen LogP) is 6.15. The summed E-state index contributed by atoms with van der Waals surface area (Å²) in [5.74, 6) is 0.326. The molecule has 7 nitrogen and oxygen atoms in total.